The zero-order chi connectivity index (χ0) is 20.5. The molecule has 0 aliphatic carbocycles. The van der Waals surface area contributed by atoms with E-state index in [1.54, 1.807) is 24.3 Å². The van der Waals surface area contributed by atoms with Gasteiger partial charge in [0.05, 0.1) is 21.3 Å². The second kappa shape index (κ2) is 10.1. The summed E-state index contributed by atoms with van der Waals surface area (Å²) < 4.78 is 20.8. The maximum atomic E-state index is 12.4. The SMILES string of the molecule is COc1cc(C(=O)NCCc2ccc(OCC(=O)O)cc2)cc(OC)c1OC. The van der Waals surface area contributed by atoms with E-state index in [1.165, 1.54) is 21.3 Å². The van der Waals surface area contributed by atoms with Crippen LogP contribution in [0.2, 0.25) is 0 Å². The van der Waals surface area contributed by atoms with Crippen LogP contribution in [-0.2, 0) is 11.2 Å². The minimum absolute atomic E-state index is 0.263. The van der Waals surface area contributed by atoms with E-state index in [0.29, 0.717) is 41.5 Å². The molecule has 0 saturated heterocycles. The van der Waals surface area contributed by atoms with E-state index in [0.717, 1.165) is 5.56 Å². The highest BCUT2D eigenvalue weighted by Gasteiger charge is 2.16. The van der Waals surface area contributed by atoms with E-state index >= 15 is 0 Å². The topological polar surface area (TPSA) is 103 Å². The number of aliphatic carboxylic acids is 1. The predicted octanol–water partition coefficient (Wildman–Crippen LogP) is 2.15. The zero-order valence-corrected chi connectivity index (χ0v) is 16.0. The molecule has 150 valence electrons. The van der Waals surface area contributed by atoms with Crippen molar-refractivity contribution in [3.8, 4) is 23.0 Å². The van der Waals surface area contributed by atoms with E-state index < -0.39 is 5.97 Å². The quantitative estimate of drug-likeness (QED) is 0.642. The van der Waals surface area contributed by atoms with E-state index in [4.69, 9.17) is 24.1 Å². The molecule has 0 aliphatic heterocycles. The van der Waals surface area contributed by atoms with Gasteiger partial charge in [0, 0.05) is 12.1 Å². The molecule has 8 heteroatoms. The monoisotopic (exact) mass is 389 g/mol. The summed E-state index contributed by atoms with van der Waals surface area (Å²) in [4.78, 5) is 22.9. The van der Waals surface area contributed by atoms with Crippen LogP contribution < -0.4 is 24.3 Å². The summed E-state index contributed by atoms with van der Waals surface area (Å²) >= 11 is 0. The number of benzene rings is 2. The molecule has 0 atom stereocenters. The third kappa shape index (κ3) is 5.54. The first-order valence-corrected chi connectivity index (χ1v) is 8.50. The smallest absolute Gasteiger partial charge is 0.341 e. The Morgan fingerprint density at radius 3 is 2.07 bits per heavy atom. The Labute approximate surface area is 163 Å². The number of carboxylic acids is 1. The standard InChI is InChI=1S/C20H23NO7/c1-25-16-10-14(11-17(26-2)19(16)27-3)20(24)21-9-8-13-4-6-15(7-5-13)28-12-18(22)23/h4-7,10-11H,8-9,12H2,1-3H3,(H,21,24)(H,22,23). The van der Waals surface area contributed by atoms with Gasteiger partial charge in [-0.25, -0.2) is 4.79 Å². The number of ether oxygens (including phenoxy) is 4. The minimum Gasteiger partial charge on any atom is -0.493 e. The molecule has 2 rings (SSSR count). The van der Waals surface area contributed by atoms with Gasteiger partial charge >= 0.3 is 5.97 Å². The molecule has 0 unspecified atom stereocenters. The Morgan fingerprint density at radius 2 is 1.57 bits per heavy atom. The van der Waals surface area contributed by atoms with Crippen LogP contribution in [0.4, 0.5) is 0 Å². The van der Waals surface area contributed by atoms with Gasteiger partial charge in [-0.15, -0.1) is 0 Å². The van der Waals surface area contributed by atoms with Crippen LogP contribution >= 0.6 is 0 Å². The van der Waals surface area contributed by atoms with Crippen molar-refractivity contribution in [3.63, 3.8) is 0 Å². The molecule has 0 bridgehead atoms. The van der Waals surface area contributed by atoms with Crippen molar-refractivity contribution in [1.29, 1.82) is 0 Å². The Morgan fingerprint density at radius 1 is 0.964 bits per heavy atom. The number of rotatable bonds is 10. The number of amides is 1. The molecule has 28 heavy (non-hydrogen) atoms. The fourth-order valence-corrected chi connectivity index (χ4v) is 2.53. The highest BCUT2D eigenvalue weighted by molar-refractivity contribution is 5.95. The van der Waals surface area contributed by atoms with Gasteiger partial charge in [0.15, 0.2) is 18.1 Å². The average Bonchev–Trinajstić information content (AvgIpc) is 2.71. The van der Waals surface area contributed by atoms with Gasteiger partial charge in [-0.3, -0.25) is 4.79 Å². The molecule has 0 heterocycles. The van der Waals surface area contributed by atoms with Crippen molar-refractivity contribution in [3.05, 3.63) is 47.5 Å². The van der Waals surface area contributed by atoms with Crippen LogP contribution in [0.5, 0.6) is 23.0 Å². The first kappa shape index (κ1) is 20.9. The Hall–Kier alpha value is -3.42. The predicted molar refractivity (Wildman–Crippen MR) is 102 cm³/mol. The van der Waals surface area contributed by atoms with Crippen LogP contribution in [0.3, 0.4) is 0 Å². The lowest BCUT2D eigenvalue weighted by Gasteiger charge is -2.14. The molecule has 2 N–H and O–H groups in total. The molecular formula is C20H23NO7. The highest BCUT2D eigenvalue weighted by atomic mass is 16.5. The number of carbonyl (C=O) groups is 2. The van der Waals surface area contributed by atoms with Crippen molar-refractivity contribution >= 4 is 11.9 Å². The maximum Gasteiger partial charge on any atom is 0.341 e. The van der Waals surface area contributed by atoms with Gasteiger partial charge < -0.3 is 29.4 Å². The number of methoxy groups -OCH3 is 3. The summed E-state index contributed by atoms with van der Waals surface area (Å²) in [5.74, 6) is 0.423. The van der Waals surface area contributed by atoms with E-state index in [-0.39, 0.29) is 12.5 Å². The number of carboxylic acid groups (broad SMARTS) is 1. The summed E-state index contributed by atoms with van der Waals surface area (Å²) in [6, 6.07) is 10.2. The molecule has 0 aromatic heterocycles. The second-order valence-corrected chi connectivity index (χ2v) is 5.75. The van der Waals surface area contributed by atoms with Crippen molar-refractivity contribution in [2.75, 3.05) is 34.5 Å². The maximum absolute atomic E-state index is 12.4. The molecule has 0 aliphatic rings. The fourth-order valence-electron chi connectivity index (χ4n) is 2.53. The third-order valence-electron chi connectivity index (χ3n) is 3.91. The van der Waals surface area contributed by atoms with Crippen LogP contribution in [0.15, 0.2) is 36.4 Å². The number of carbonyl (C=O) groups excluding carboxylic acids is 1. The lowest BCUT2D eigenvalue weighted by molar-refractivity contribution is -0.139. The molecule has 8 nitrogen and oxygen atoms in total. The summed E-state index contributed by atoms with van der Waals surface area (Å²) in [5, 5.41) is 11.4. The lowest BCUT2D eigenvalue weighted by Crippen LogP contribution is -2.25. The van der Waals surface area contributed by atoms with Crippen LogP contribution in [-0.4, -0.2) is 51.5 Å². The zero-order valence-electron chi connectivity index (χ0n) is 16.0. The second-order valence-electron chi connectivity index (χ2n) is 5.75. The van der Waals surface area contributed by atoms with Crippen molar-refractivity contribution in [1.82, 2.24) is 5.32 Å². The summed E-state index contributed by atoms with van der Waals surface area (Å²) in [6.45, 7) is 0.0367. The minimum atomic E-state index is -1.03. The first-order chi connectivity index (χ1) is 13.5. The van der Waals surface area contributed by atoms with Crippen LogP contribution in [0, 0.1) is 0 Å². The van der Waals surface area contributed by atoms with Crippen molar-refractivity contribution in [2.24, 2.45) is 0 Å². The van der Waals surface area contributed by atoms with E-state index in [2.05, 4.69) is 5.32 Å². The molecule has 0 saturated carbocycles. The number of hydrogen-bond acceptors (Lipinski definition) is 6. The highest BCUT2D eigenvalue weighted by Crippen LogP contribution is 2.38. The van der Waals surface area contributed by atoms with Gasteiger partial charge in [-0.05, 0) is 36.2 Å². The molecule has 2 aromatic carbocycles. The summed E-state index contributed by atoms with van der Waals surface area (Å²) in [5.41, 5.74) is 1.37. The molecule has 0 spiro atoms. The lowest BCUT2D eigenvalue weighted by atomic mass is 10.1. The van der Waals surface area contributed by atoms with Gasteiger partial charge in [-0.2, -0.15) is 0 Å². The normalized spacial score (nSPS) is 10.1. The average molecular weight is 389 g/mol. The van der Waals surface area contributed by atoms with Crippen LogP contribution in [0.1, 0.15) is 15.9 Å². The Bertz CT molecular complexity index is 793. The van der Waals surface area contributed by atoms with E-state index in [9.17, 15) is 9.59 Å². The molecule has 0 radical (unpaired) electrons. The van der Waals surface area contributed by atoms with Gasteiger partial charge in [0.25, 0.3) is 5.91 Å². The Balaban J connectivity index is 1.94. The van der Waals surface area contributed by atoms with Crippen molar-refractivity contribution < 1.29 is 33.6 Å². The molecular weight excluding hydrogens is 366 g/mol. The molecule has 1 amide bonds. The summed E-state index contributed by atoms with van der Waals surface area (Å²) in [7, 11) is 4.48. The molecule has 0 fully saturated rings. The first-order valence-electron chi connectivity index (χ1n) is 8.50. The third-order valence-corrected chi connectivity index (χ3v) is 3.91. The number of nitrogens with one attached hydrogen (secondary N) is 1. The molecule has 2 aromatic rings. The Kier molecular flexibility index (Phi) is 7.50. The van der Waals surface area contributed by atoms with Crippen LogP contribution in [0.25, 0.3) is 0 Å². The van der Waals surface area contributed by atoms with Gasteiger partial charge in [0.1, 0.15) is 5.75 Å². The van der Waals surface area contributed by atoms with Crippen molar-refractivity contribution in [2.45, 2.75) is 6.42 Å². The largest absolute Gasteiger partial charge is 0.493 e. The number of hydrogen-bond donors (Lipinski definition) is 2. The van der Waals surface area contributed by atoms with E-state index in [1.807, 2.05) is 12.1 Å². The van der Waals surface area contributed by atoms with Gasteiger partial charge in [-0.1, -0.05) is 12.1 Å². The summed E-state index contributed by atoms with van der Waals surface area (Å²) in [6.07, 6.45) is 0.607. The fraction of sp³-hybridized carbons (Fsp3) is 0.300. The van der Waals surface area contributed by atoms with Gasteiger partial charge in [0.2, 0.25) is 5.75 Å².